The summed E-state index contributed by atoms with van der Waals surface area (Å²) in [6.07, 6.45) is 1.50. The van der Waals surface area contributed by atoms with E-state index < -0.39 is 17.1 Å². The molecule has 0 fully saturated rings. The van der Waals surface area contributed by atoms with Crippen LogP contribution in [-0.2, 0) is 9.59 Å². The first-order chi connectivity index (χ1) is 24.6. The molecule has 0 saturated carbocycles. The third kappa shape index (κ3) is 9.62. The molecule has 0 aliphatic heterocycles. The number of thiazole rings is 1. The molecule has 10 nitrogen and oxygen atoms in total. The molecule has 0 aliphatic rings. The van der Waals surface area contributed by atoms with Gasteiger partial charge in [0.05, 0.1) is 42.3 Å². The zero-order valence-electron chi connectivity index (χ0n) is 27.8. The molecule has 0 spiro atoms. The number of nitrogens with one attached hydrogen (secondary N) is 3. The van der Waals surface area contributed by atoms with Gasteiger partial charge in [-0.15, -0.1) is 23.1 Å². The molecule has 14 heteroatoms. The van der Waals surface area contributed by atoms with Gasteiger partial charge in [-0.3, -0.25) is 14.4 Å². The first kappa shape index (κ1) is 37.3. The van der Waals surface area contributed by atoms with Crippen LogP contribution >= 0.6 is 46.3 Å². The number of methoxy groups -OCH3 is 3. The van der Waals surface area contributed by atoms with Gasteiger partial charge < -0.3 is 30.2 Å². The maximum Gasteiger partial charge on any atom is 0.272 e. The van der Waals surface area contributed by atoms with Gasteiger partial charge in [-0.1, -0.05) is 47.5 Å². The van der Waals surface area contributed by atoms with Crippen LogP contribution in [0, 0.1) is 0 Å². The molecule has 0 aliphatic carbocycles. The highest BCUT2D eigenvalue weighted by atomic mass is 35.5. The number of benzene rings is 4. The Balaban J connectivity index is 1.27. The molecule has 0 bridgehead atoms. The van der Waals surface area contributed by atoms with E-state index in [9.17, 15) is 14.4 Å². The zero-order chi connectivity index (χ0) is 36.5. The SMILES string of the molecule is COc1cc(OC)c(OC)cc1/C=C(\NC(=O)c1ccccc1)C(=O)Nc1ccc(SC(C)C(=O)Nc2nc(-c3ccc(Cl)c(Cl)c3)cs2)cc1. The number of halogens is 2. The van der Waals surface area contributed by atoms with Crippen LogP contribution in [0.3, 0.4) is 0 Å². The zero-order valence-corrected chi connectivity index (χ0v) is 30.9. The lowest BCUT2D eigenvalue weighted by molar-refractivity contribution is -0.115. The van der Waals surface area contributed by atoms with Crippen molar-refractivity contribution >= 4 is 80.9 Å². The highest BCUT2D eigenvalue weighted by Gasteiger charge is 2.20. The largest absolute Gasteiger partial charge is 0.496 e. The van der Waals surface area contributed by atoms with Crippen LogP contribution in [0.2, 0.25) is 10.0 Å². The predicted octanol–water partition coefficient (Wildman–Crippen LogP) is 8.67. The molecule has 1 aromatic heterocycles. The van der Waals surface area contributed by atoms with Crippen LogP contribution in [0.15, 0.2) is 101 Å². The van der Waals surface area contributed by atoms with E-state index >= 15 is 0 Å². The smallest absolute Gasteiger partial charge is 0.272 e. The van der Waals surface area contributed by atoms with Crippen molar-refractivity contribution in [2.24, 2.45) is 0 Å². The van der Waals surface area contributed by atoms with Gasteiger partial charge >= 0.3 is 0 Å². The summed E-state index contributed by atoms with van der Waals surface area (Å²) in [5.41, 5.74) is 2.73. The summed E-state index contributed by atoms with van der Waals surface area (Å²) < 4.78 is 16.3. The van der Waals surface area contributed by atoms with Crippen molar-refractivity contribution < 1.29 is 28.6 Å². The minimum absolute atomic E-state index is 0.0392. The van der Waals surface area contributed by atoms with Gasteiger partial charge in [-0.25, -0.2) is 4.98 Å². The van der Waals surface area contributed by atoms with E-state index in [2.05, 4.69) is 20.9 Å². The van der Waals surface area contributed by atoms with Crippen LogP contribution < -0.4 is 30.2 Å². The number of amides is 3. The van der Waals surface area contributed by atoms with E-state index in [1.165, 1.54) is 50.5 Å². The van der Waals surface area contributed by atoms with E-state index in [4.69, 9.17) is 37.4 Å². The van der Waals surface area contributed by atoms with Gasteiger partial charge in [0, 0.05) is 38.7 Å². The third-order valence-electron chi connectivity index (χ3n) is 7.31. The molecule has 5 rings (SSSR count). The molecule has 3 amide bonds. The molecule has 0 saturated heterocycles. The van der Waals surface area contributed by atoms with Gasteiger partial charge in [-0.05, 0) is 67.6 Å². The Hall–Kier alpha value is -5.01. The molecule has 4 aromatic carbocycles. The second kappa shape index (κ2) is 17.3. The Labute approximate surface area is 313 Å². The predicted molar refractivity (Wildman–Crippen MR) is 205 cm³/mol. The highest BCUT2D eigenvalue weighted by Crippen LogP contribution is 2.36. The minimum atomic E-state index is -0.576. The first-order valence-corrected chi connectivity index (χ1v) is 17.8. The van der Waals surface area contributed by atoms with E-state index in [0.29, 0.717) is 54.9 Å². The van der Waals surface area contributed by atoms with E-state index in [1.807, 2.05) is 11.4 Å². The number of ether oxygens (including phenoxy) is 3. The summed E-state index contributed by atoms with van der Waals surface area (Å²) in [7, 11) is 4.48. The Morgan fingerprint density at radius 3 is 2.18 bits per heavy atom. The first-order valence-electron chi connectivity index (χ1n) is 15.3. The average molecular weight is 764 g/mol. The molecule has 0 radical (unpaired) electrons. The average Bonchev–Trinajstić information content (AvgIpc) is 3.61. The summed E-state index contributed by atoms with van der Waals surface area (Å²) in [4.78, 5) is 45.1. The molecule has 5 aromatic rings. The molecule has 1 heterocycles. The van der Waals surface area contributed by atoms with Crippen LogP contribution in [0.4, 0.5) is 10.8 Å². The molecule has 51 heavy (non-hydrogen) atoms. The van der Waals surface area contributed by atoms with E-state index in [1.54, 1.807) is 85.8 Å². The van der Waals surface area contributed by atoms with Crippen LogP contribution in [0.1, 0.15) is 22.8 Å². The van der Waals surface area contributed by atoms with Gasteiger partial charge in [0.2, 0.25) is 5.91 Å². The Morgan fingerprint density at radius 1 is 0.824 bits per heavy atom. The second-order valence-electron chi connectivity index (χ2n) is 10.7. The fourth-order valence-electron chi connectivity index (χ4n) is 4.66. The fraction of sp³-hybridized carbons (Fsp3) is 0.135. The van der Waals surface area contributed by atoms with Crippen molar-refractivity contribution in [3.05, 3.63) is 117 Å². The summed E-state index contributed by atoms with van der Waals surface area (Å²) in [6.45, 7) is 1.79. The minimum Gasteiger partial charge on any atom is -0.496 e. The summed E-state index contributed by atoms with van der Waals surface area (Å²) >= 11 is 14.8. The topological polar surface area (TPSA) is 128 Å². The van der Waals surface area contributed by atoms with Crippen LogP contribution in [0.5, 0.6) is 17.2 Å². The Morgan fingerprint density at radius 2 is 1.51 bits per heavy atom. The second-order valence-corrected chi connectivity index (χ2v) is 13.8. The van der Waals surface area contributed by atoms with Gasteiger partial charge in [0.15, 0.2) is 16.6 Å². The van der Waals surface area contributed by atoms with Crippen molar-refractivity contribution in [2.45, 2.75) is 17.1 Å². The Bertz CT molecular complexity index is 2070. The van der Waals surface area contributed by atoms with E-state index in [0.717, 1.165) is 10.5 Å². The third-order valence-corrected chi connectivity index (χ3v) is 9.92. The van der Waals surface area contributed by atoms with Crippen molar-refractivity contribution in [1.29, 1.82) is 0 Å². The maximum atomic E-state index is 13.6. The monoisotopic (exact) mass is 762 g/mol. The molecule has 1 atom stereocenters. The van der Waals surface area contributed by atoms with Crippen molar-refractivity contribution in [2.75, 3.05) is 32.0 Å². The number of rotatable bonds is 13. The molecular weight excluding hydrogens is 731 g/mol. The number of aromatic nitrogens is 1. The molecule has 3 N–H and O–H groups in total. The number of nitrogens with zero attached hydrogens (tertiary/aromatic N) is 1. The lowest BCUT2D eigenvalue weighted by atomic mass is 10.1. The summed E-state index contributed by atoms with van der Waals surface area (Å²) in [6, 6.07) is 24.1. The number of carbonyl (C=O) groups excluding carboxylic acids is 3. The quantitative estimate of drug-likeness (QED) is 0.0804. The molecule has 1 unspecified atom stereocenters. The molecular formula is C37H32Cl2N4O6S2. The highest BCUT2D eigenvalue weighted by molar-refractivity contribution is 8.00. The number of anilines is 2. The lowest BCUT2D eigenvalue weighted by Gasteiger charge is -2.15. The van der Waals surface area contributed by atoms with Crippen LogP contribution in [0.25, 0.3) is 17.3 Å². The van der Waals surface area contributed by atoms with E-state index in [-0.39, 0.29) is 11.6 Å². The van der Waals surface area contributed by atoms with Crippen LogP contribution in [-0.4, -0.2) is 49.3 Å². The lowest BCUT2D eigenvalue weighted by Crippen LogP contribution is -2.30. The Kier molecular flexibility index (Phi) is 12.6. The van der Waals surface area contributed by atoms with Gasteiger partial charge in [-0.2, -0.15) is 0 Å². The fourth-order valence-corrected chi connectivity index (χ4v) is 6.55. The van der Waals surface area contributed by atoms with Crippen molar-refractivity contribution in [1.82, 2.24) is 10.3 Å². The molecule has 262 valence electrons. The number of hydrogen-bond donors (Lipinski definition) is 3. The van der Waals surface area contributed by atoms with Crippen molar-refractivity contribution in [3.8, 4) is 28.5 Å². The van der Waals surface area contributed by atoms with Gasteiger partial charge in [0.25, 0.3) is 11.8 Å². The summed E-state index contributed by atoms with van der Waals surface area (Å²) in [5.74, 6) is -0.0240. The number of hydrogen-bond acceptors (Lipinski definition) is 9. The number of thioether (sulfide) groups is 1. The van der Waals surface area contributed by atoms with Gasteiger partial charge in [0.1, 0.15) is 11.4 Å². The summed E-state index contributed by atoms with van der Waals surface area (Å²) in [5, 5.41) is 11.1. The number of carbonyl (C=O) groups is 3. The standard InChI is InChI=1S/C37H32Cl2N4O6S2/c1-21(34(44)43-37-42-30(20-50-37)23-10-15-27(38)28(39)16-23)51-26-13-11-25(12-14-26)40-36(46)29(41-35(45)22-8-6-5-7-9-22)17-24-18-32(48-3)33(49-4)19-31(24)47-2/h5-21H,1-4H3,(H,40,46)(H,41,45)(H,42,43,44)/b29-17-. The maximum absolute atomic E-state index is 13.6. The normalized spacial score (nSPS) is 11.7. The van der Waals surface area contributed by atoms with Crippen molar-refractivity contribution in [3.63, 3.8) is 0 Å².